The number of nitrogens with one attached hydrogen (secondary N) is 1. The second-order valence-electron chi connectivity index (χ2n) is 6.13. The van der Waals surface area contributed by atoms with Gasteiger partial charge in [0.2, 0.25) is 0 Å². The molecule has 1 aliphatic rings. The summed E-state index contributed by atoms with van der Waals surface area (Å²) in [7, 11) is 1.46. The van der Waals surface area contributed by atoms with E-state index in [0.29, 0.717) is 23.3 Å². The third-order valence-electron chi connectivity index (χ3n) is 4.33. The molecule has 0 unspecified atom stereocenters. The molecule has 1 aromatic heterocycles. The first-order valence-electron chi connectivity index (χ1n) is 8.15. The van der Waals surface area contributed by atoms with E-state index in [9.17, 15) is 9.59 Å². The SMILES string of the molecule is COc1ccc(C#N)cc1-c1nnc(C(=O)N[C@@H]2C[C@@H](C)N(C(=O)O)C2)o1. The molecular formula is C17H17N5O5. The summed E-state index contributed by atoms with van der Waals surface area (Å²) in [5.74, 6) is -0.378. The van der Waals surface area contributed by atoms with Gasteiger partial charge in [0.15, 0.2) is 0 Å². The molecule has 1 aromatic carbocycles. The molecule has 0 saturated carbocycles. The zero-order chi connectivity index (χ0) is 19.6. The monoisotopic (exact) mass is 371 g/mol. The third-order valence-corrected chi connectivity index (χ3v) is 4.33. The van der Waals surface area contributed by atoms with E-state index in [2.05, 4.69) is 15.5 Å². The first-order chi connectivity index (χ1) is 12.9. The van der Waals surface area contributed by atoms with Gasteiger partial charge in [-0.15, -0.1) is 10.2 Å². The molecule has 2 aromatic rings. The number of nitrogens with zero attached hydrogens (tertiary/aromatic N) is 4. The largest absolute Gasteiger partial charge is 0.496 e. The van der Waals surface area contributed by atoms with Crippen LogP contribution >= 0.6 is 0 Å². The molecule has 3 rings (SSSR count). The van der Waals surface area contributed by atoms with Crippen LogP contribution in [0.4, 0.5) is 4.79 Å². The molecule has 2 N–H and O–H groups in total. The number of nitriles is 1. The number of likely N-dealkylation sites (tertiary alicyclic amines) is 1. The molecule has 10 nitrogen and oxygen atoms in total. The van der Waals surface area contributed by atoms with Crippen LogP contribution in [0.5, 0.6) is 5.75 Å². The van der Waals surface area contributed by atoms with Gasteiger partial charge in [-0.05, 0) is 31.5 Å². The second kappa shape index (κ2) is 7.33. The number of rotatable bonds is 4. The van der Waals surface area contributed by atoms with Crippen molar-refractivity contribution in [2.24, 2.45) is 0 Å². The molecule has 2 heterocycles. The number of hydrogen-bond acceptors (Lipinski definition) is 7. The van der Waals surface area contributed by atoms with Crippen LogP contribution in [0.15, 0.2) is 22.6 Å². The summed E-state index contributed by atoms with van der Waals surface area (Å²) in [5, 5.41) is 28.4. The molecule has 1 aliphatic heterocycles. The predicted octanol–water partition coefficient (Wildman–Crippen LogP) is 1.49. The fourth-order valence-electron chi connectivity index (χ4n) is 3.02. The van der Waals surface area contributed by atoms with Gasteiger partial charge in [0.05, 0.1) is 24.3 Å². The van der Waals surface area contributed by atoms with E-state index in [4.69, 9.17) is 19.5 Å². The van der Waals surface area contributed by atoms with E-state index in [1.165, 1.54) is 18.1 Å². The molecule has 27 heavy (non-hydrogen) atoms. The summed E-state index contributed by atoms with van der Waals surface area (Å²) >= 11 is 0. The maximum atomic E-state index is 12.3. The highest BCUT2D eigenvalue weighted by Gasteiger charge is 2.34. The molecule has 2 atom stereocenters. The maximum Gasteiger partial charge on any atom is 0.407 e. The topological polar surface area (TPSA) is 142 Å². The van der Waals surface area contributed by atoms with Crippen molar-refractivity contribution in [1.29, 1.82) is 5.26 Å². The summed E-state index contributed by atoms with van der Waals surface area (Å²) in [5.41, 5.74) is 0.776. The second-order valence-corrected chi connectivity index (χ2v) is 6.13. The van der Waals surface area contributed by atoms with Crippen molar-refractivity contribution in [2.75, 3.05) is 13.7 Å². The van der Waals surface area contributed by atoms with E-state index in [0.717, 1.165) is 0 Å². The van der Waals surface area contributed by atoms with E-state index >= 15 is 0 Å². The first kappa shape index (κ1) is 18.2. The standard InChI is InChI=1S/C17H17N5O5/c1-9-5-11(8-22(9)17(24)25)19-14(23)16-21-20-15(27-16)12-6-10(7-18)3-4-13(12)26-2/h3-4,6,9,11H,5,8H2,1-2H3,(H,19,23)(H,24,25)/t9-,11-/m1/s1. The minimum Gasteiger partial charge on any atom is -0.496 e. The number of hydrogen-bond donors (Lipinski definition) is 2. The Balaban J connectivity index is 1.76. The number of benzene rings is 1. The van der Waals surface area contributed by atoms with Gasteiger partial charge in [0.1, 0.15) is 5.75 Å². The van der Waals surface area contributed by atoms with Gasteiger partial charge in [-0.2, -0.15) is 5.26 Å². The minimum atomic E-state index is -1.02. The van der Waals surface area contributed by atoms with Gasteiger partial charge < -0.3 is 24.5 Å². The van der Waals surface area contributed by atoms with Crippen LogP contribution < -0.4 is 10.1 Å². The normalized spacial score (nSPS) is 18.8. The fraction of sp³-hybridized carbons (Fsp3) is 0.353. The van der Waals surface area contributed by atoms with Gasteiger partial charge in [-0.25, -0.2) is 4.79 Å². The summed E-state index contributed by atoms with van der Waals surface area (Å²) in [4.78, 5) is 24.7. The Kier molecular flexibility index (Phi) is 4.94. The quantitative estimate of drug-likeness (QED) is 0.823. The Morgan fingerprint density at radius 1 is 1.44 bits per heavy atom. The summed E-state index contributed by atoms with van der Waals surface area (Å²) in [6.45, 7) is 1.97. The van der Waals surface area contributed by atoms with E-state index < -0.39 is 12.0 Å². The zero-order valence-electron chi connectivity index (χ0n) is 14.7. The lowest BCUT2D eigenvalue weighted by atomic mass is 10.1. The number of carbonyl (C=O) groups is 2. The Labute approximate surface area is 154 Å². The third kappa shape index (κ3) is 3.67. The van der Waals surface area contributed by atoms with Gasteiger partial charge in [-0.3, -0.25) is 4.79 Å². The van der Waals surface area contributed by atoms with E-state index in [1.807, 2.05) is 6.07 Å². The molecule has 10 heteroatoms. The zero-order valence-corrected chi connectivity index (χ0v) is 14.7. The highest BCUT2D eigenvalue weighted by Crippen LogP contribution is 2.30. The smallest absolute Gasteiger partial charge is 0.407 e. The van der Waals surface area contributed by atoms with Gasteiger partial charge in [-0.1, -0.05) is 0 Å². The minimum absolute atomic E-state index is 0.0426. The summed E-state index contributed by atoms with van der Waals surface area (Å²) in [6, 6.07) is 6.18. The van der Waals surface area contributed by atoms with Crippen LogP contribution in [0.25, 0.3) is 11.5 Å². The molecule has 0 bridgehead atoms. The fourth-order valence-corrected chi connectivity index (χ4v) is 3.02. The number of amides is 2. The van der Waals surface area contributed by atoms with Crippen molar-refractivity contribution in [1.82, 2.24) is 20.4 Å². The number of ether oxygens (including phenoxy) is 1. The van der Waals surface area contributed by atoms with Crippen molar-refractivity contribution in [3.63, 3.8) is 0 Å². The molecule has 0 spiro atoms. The van der Waals surface area contributed by atoms with Crippen LogP contribution in [0, 0.1) is 11.3 Å². The Hall–Kier alpha value is -3.61. The molecule has 0 aliphatic carbocycles. The average molecular weight is 371 g/mol. The molecule has 0 radical (unpaired) electrons. The van der Waals surface area contributed by atoms with Crippen molar-refractivity contribution in [3.8, 4) is 23.3 Å². The molecular weight excluding hydrogens is 354 g/mol. The first-order valence-corrected chi connectivity index (χ1v) is 8.15. The van der Waals surface area contributed by atoms with E-state index in [-0.39, 0.29) is 30.4 Å². The van der Waals surface area contributed by atoms with Crippen LogP contribution in [0.2, 0.25) is 0 Å². The molecule has 1 saturated heterocycles. The lowest BCUT2D eigenvalue weighted by Crippen LogP contribution is -2.38. The van der Waals surface area contributed by atoms with Crippen LogP contribution in [-0.4, -0.2) is 57.9 Å². The highest BCUT2D eigenvalue weighted by atomic mass is 16.5. The van der Waals surface area contributed by atoms with Crippen LogP contribution in [0.3, 0.4) is 0 Å². The van der Waals surface area contributed by atoms with Crippen molar-refractivity contribution < 1.29 is 23.8 Å². The molecule has 140 valence electrons. The lowest BCUT2D eigenvalue weighted by Gasteiger charge is -2.16. The molecule has 1 fully saturated rings. The maximum absolute atomic E-state index is 12.3. The number of carbonyl (C=O) groups excluding carboxylic acids is 1. The van der Waals surface area contributed by atoms with Crippen molar-refractivity contribution >= 4 is 12.0 Å². The number of aromatic nitrogens is 2. The molecule has 2 amide bonds. The van der Waals surface area contributed by atoms with Crippen molar-refractivity contribution in [2.45, 2.75) is 25.4 Å². The lowest BCUT2D eigenvalue weighted by molar-refractivity contribution is 0.0901. The van der Waals surface area contributed by atoms with Crippen LogP contribution in [-0.2, 0) is 0 Å². The number of carboxylic acid groups (broad SMARTS) is 1. The predicted molar refractivity (Wildman–Crippen MR) is 91.1 cm³/mol. The van der Waals surface area contributed by atoms with Gasteiger partial charge >= 0.3 is 17.9 Å². The van der Waals surface area contributed by atoms with Gasteiger partial charge in [0, 0.05) is 18.6 Å². The Bertz CT molecular complexity index is 919. The van der Waals surface area contributed by atoms with Crippen molar-refractivity contribution in [3.05, 3.63) is 29.7 Å². The Morgan fingerprint density at radius 2 is 2.22 bits per heavy atom. The van der Waals surface area contributed by atoms with Crippen LogP contribution in [0.1, 0.15) is 29.6 Å². The number of methoxy groups -OCH3 is 1. The average Bonchev–Trinajstić information content (AvgIpc) is 3.28. The summed E-state index contributed by atoms with van der Waals surface area (Å²) in [6.07, 6.45) is -0.527. The van der Waals surface area contributed by atoms with Gasteiger partial charge in [0.25, 0.3) is 5.89 Å². The summed E-state index contributed by atoms with van der Waals surface area (Å²) < 4.78 is 10.7. The van der Waals surface area contributed by atoms with E-state index in [1.54, 1.807) is 19.1 Å². The highest BCUT2D eigenvalue weighted by molar-refractivity contribution is 5.90. The Morgan fingerprint density at radius 3 is 2.85 bits per heavy atom.